The normalized spacial score (nSPS) is 18.7. The first-order chi connectivity index (χ1) is 17.8. The van der Waals surface area contributed by atoms with Gasteiger partial charge in [0.05, 0.1) is 36.5 Å². The Morgan fingerprint density at radius 2 is 1.92 bits per heavy atom. The minimum absolute atomic E-state index is 0.0855. The van der Waals surface area contributed by atoms with Crippen molar-refractivity contribution in [2.24, 2.45) is 5.41 Å². The molecule has 0 radical (unpaired) electrons. The summed E-state index contributed by atoms with van der Waals surface area (Å²) >= 11 is 0. The van der Waals surface area contributed by atoms with Crippen LogP contribution in [0.15, 0.2) is 30.3 Å². The summed E-state index contributed by atoms with van der Waals surface area (Å²) in [6.45, 7) is 1.19. The Labute approximate surface area is 217 Å². The van der Waals surface area contributed by atoms with Crippen molar-refractivity contribution in [3.8, 4) is 11.6 Å². The number of anilines is 3. The molecule has 11 heteroatoms. The molecule has 0 atom stereocenters. The summed E-state index contributed by atoms with van der Waals surface area (Å²) in [6, 6.07) is 8.31. The maximum atomic E-state index is 13.3. The van der Waals surface area contributed by atoms with Gasteiger partial charge < -0.3 is 24.8 Å². The van der Waals surface area contributed by atoms with Gasteiger partial charge >= 0.3 is 0 Å². The Hall–Kier alpha value is -3.05. The van der Waals surface area contributed by atoms with Gasteiger partial charge in [0.15, 0.2) is 5.75 Å². The van der Waals surface area contributed by atoms with Crippen LogP contribution in [0.1, 0.15) is 55.4 Å². The van der Waals surface area contributed by atoms with Crippen LogP contribution < -0.4 is 24.4 Å². The zero-order valence-corrected chi connectivity index (χ0v) is 21.8. The number of hydrogen-bond donors (Lipinski definition) is 3. The third kappa shape index (κ3) is 5.93. The highest BCUT2D eigenvalue weighted by atomic mass is 32.2. The van der Waals surface area contributed by atoms with E-state index in [1.165, 1.54) is 20.0 Å². The van der Waals surface area contributed by atoms with Crippen LogP contribution in [0, 0.1) is 5.41 Å². The molecular weight excluding hydrogens is 496 g/mol. The average Bonchev–Trinajstić information content (AvgIpc) is 3.61. The van der Waals surface area contributed by atoms with E-state index in [9.17, 15) is 13.2 Å². The lowest BCUT2D eigenvalue weighted by Gasteiger charge is -2.35. The van der Waals surface area contributed by atoms with E-state index in [1.807, 2.05) is 0 Å². The number of methoxy groups -OCH3 is 1. The highest BCUT2D eigenvalue weighted by Crippen LogP contribution is 2.54. The summed E-state index contributed by atoms with van der Waals surface area (Å²) in [7, 11) is -2.14. The van der Waals surface area contributed by atoms with Gasteiger partial charge in [-0.25, -0.2) is 13.4 Å². The van der Waals surface area contributed by atoms with Crippen LogP contribution in [0.25, 0.3) is 0 Å². The fourth-order valence-corrected chi connectivity index (χ4v) is 5.67. The summed E-state index contributed by atoms with van der Waals surface area (Å²) in [4.78, 5) is 19.9. The Bertz CT molecular complexity index is 1250. The van der Waals surface area contributed by atoms with Crippen molar-refractivity contribution in [1.29, 1.82) is 0 Å². The zero-order chi connectivity index (χ0) is 26.0. The van der Waals surface area contributed by atoms with Gasteiger partial charge in [-0.1, -0.05) is 0 Å². The summed E-state index contributed by atoms with van der Waals surface area (Å²) in [5, 5.41) is 12.0. The smallest absolute Gasteiger partial charge is 0.274 e. The molecule has 1 amide bonds. The molecule has 1 saturated heterocycles. The molecule has 3 aliphatic rings. The topological polar surface area (TPSA) is 130 Å². The maximum Gasteiger partial charge on any atom is 0.274 e. The molecule has 0 unspecified atom stereocenters. The fourth-order valence-electron chi connectivity index (χ4n) is 4.84. The average molecular weight is 531 g/mol. The number of carbonyl (C=O) groups is 1. The van der Waals surface area contributed by atoms with Crippen molar-refractivity contribution >= 4 is 33.0 Å². The van der Waals surface area contributed by atoms with E-state index in [1.54, 1.807) is 30.3 Å². The van der Waals surface area contributed by atoms with Crippen molar-refractivity contribution < 1.29 is 27.8 Å². The first-order valence-corrected chi connectivity index (χ1v) is 14.5. The fraction of sp³-hybridized carbons (Fsp3) is 0.538. The first-order valence-electron chi connectivity index (χ1n) is 12.8. The molecule has 2 saturated carbocycles. The molecule has 200 valence electrons. The third-order valence-corrected chi connectivity index (χ3v) is 8.88. The number of amides is 1. The highest BCUT2D eigenvalue weighted by molar-refractivity contribution is 7.92. The number of aliphatic hydroxyl groups is 1. The van der Waals surface area contributed by atoms with E-state index in [0.717, 1.165) is 50.9 Å². The molecule has 1 aromatic carbocycles. The van der Waals surface area contributed by atoms with Crippen molar-refractivity contribution in [3.63, 3.8) is 0 Å². The molecule has 0 bridgehead atoms. The van der Waals surface area contributed by atoms with Crippen LogP contribution in [-0.2, 0) is 10.0 Å². The minimum Gasteiger partial charge on any atom is -0.491 e. The van der Waals surface area contributed by atoms with Crippen LogP contribution in [0.5, 0.6) is 11.6 Å². The Morgan fingerprint density at radius 3 is 2.54 bits per heavy atom. The Morgan fingerprint density at radius 1 is 1.16 bits per heavy atom. The Balaban J connectivity index is 1.39. The van der Waals surface area contributed by atoms with E-state index in [0.29, 0.717) is 28.4 Å². The second-order valence-electron chi connectivity index (χ2n) is 10.2. The standard InChI is InChI=1S/C26H34N4O6S/c1-35-23-8-7-21(28-25(23)36-19-3-2-4-19)24(32)27-20-6-5-18(29-37(33,34)16-15-31)17-22(20)30-13-11-26(9-10-26)12-14-30/h5-8,17,19,29,31H,2-4,9-16H2,1H3,(H,27,32). The number of nitrogens with zero attached hydrogens (tertiary/aromatic N) is 2. The summed E-state index contributed by atoms with van der Waals surface area (Å²) in [5.74, 6) is -0.00124. The van der Waals surface area contributed by atoms with Crippen LogP contribution in [0.3, 0.4) is 0 Å². The van der Waals surface area contributed by atoms with E-state index in [2.05, 4.69) is 19.9 Å². The van der Waals surface area contributed by atoms with Crippen molar-refractivity contribution in [2.45, 2.75) is 51.0 Å². The number of rotatable bonds is 10. The molecule has 1 spiro atoms. The monoisotopic (exact) mass is 530 g/mol. The Kier molecular flexibility index (Phi) is 7.17. The van der Waals surface area contributed by atoms with Gasteiger partial charge in [0.2, 0.25) is 10.0 Å². The summed E-state index contributed by atoms with van der Waals surface area (Å²) < 4.78 is 38.3. The lowest BCUT2D eigenvalue weighted by Crippen LogP contribution is -2.35. The maximum absolute atomic E-state index is 13.3. The third-order valence-electron chi connectivity index (χ3n) is 7.61. The van der Waals surface area contributed by atoms with Crippen molar-refractivity contribution in [3.05, 3.63) is 36.0 Å². The number of sulfonamides is 1. The van der Waals surface area contributed by atoms with Crippen LogP contribution in [0.4, 0.5) is 17.1 Å². The molecule has 1 aromatic heterocycles. The molecule has 2 aliphatic carbocycles. The van der Waals surface area contributed by atoms with E-state index < -0.39 is 22.5 Å². The first kappa shape index (κ1) is 25.6. The van der Waals surface area contributed by atoms with E-state index in [-0.39, 0.29) is 17.6 Å². The second-order valence-corrected chi connectivity index (χ2v) is 12.0. The summed E-state index contributed by atoms with van der Waals surface area (Å²) in [6.07, 6.45) is 7.78. The predicted octanol–water partition coefficient (Wildman–Crippen LogP) is 3.39. The molecule has 5 rings (SSSR count). The van der Waals surface area contributed by atoms with Crippen LogP contribution >= 0.6 is 0 Å². The molecule has 2 aromatic rings. The molecular formula is C26H34N4O6S. The molecule has 1 aliphatic heterocycles. The minimum atomic E-state index is -3.68. The second kappa shape index (κ2) is 10.4. The number of hydrogen-bond acceptors (Lipinski definition) is 8. The number of aromatic nitrogens is 1. The number of nitrogens with one attached hydrogen (secondary N) is 2. The zero-order valence-electron chi connectivity index (χ0n) is 21.0. The number of aliphatic hydroxyl groups excluding tert-OH is 1. The highest BCUT2D eigenvalue weighted by Gasteiger charge is 2.44. The molecule has 2 heterocycles. The van der Waals surface area contributed by atoms with Crippen LogP contribution in [-0.4, -0.2) is 63.1 Å². The number of piperidine rings is 1. The number of pyridine rings is 1. The van der Waals surface area contributed by atoms with Gasteiger partial charge in [0.1, 0.15) is 11.8 Å². The van der Waals surface area contributed by atoms with Crippen molar-refractivity contribution in [1.82, 2.24) is 4.98 Å². The number of carbonyl (C=O) groups excluding carboxylic acids is 1. The number of benzene rings is 1. The molecule has 10 nitrogen and oxygen atoms in total. The van der Waals surface area contributed by atoms with Gasteiger partial charge in [-0.15, -0.1) is 0 Å². The van der Waals surface area contributed by atoms with Gasteiger partial charge in [-0.2, -0.15) is 0 Å². The largest absolute Gasteiger partial charge is 0.491 e. The van der Waals surface area contributed by atoms with Gasteiger partial charge in [-0.05, 0) is 80.7 Å². The summed E-state index contributed by atoms with van der Waals surface area (Å²) in [5.41, 5.74) is 2.36. The van der Waals surface area contributed by atoms with Crippen molar-refractivity contribution in [2.75, 3.05) is 47.5 Å². The van der Waals surface area contributed by atoms with Gasteiger partial charge in [0, 0.05) is 13.1 Å². The van der Waals surface area contributed by atoms with Gasteiger partial charge in [-0.3, -0.25) is 9.52 Å². The SMILES string of the molecule is COc1ccc(C(=O)Nc2ccc(NS(=O)(=O)CCO)cc2N2CCC3(CC2)CC3)nc1OC1CCC1. The molecule has 37 heavy (non-hydrogen) atoms. The van der Waals surface area contributed by atoms with E-state index in [4.69, 9.17) is 14.6 Å². The predicted molar refractivity (Wildman–Crippen MR) is 141 cm³/mol. The molecule has 3 fully saturated rings. The quantitative estimate of drug-likeness (QED) is 0.426. The van der Waals surface area contributed by atoms with Crippen LogP contribution in [0.2, 0.25) is 0 Å². The van der Waals surface area contributed by atoms with E-state index >= 15 is 0 Å². The van der Waals surface area contributed by atoms with Gasteiger partial charge in [0.25, 0.3) is 11.8 Å². The number of ether oxygens (including phenoxy) is 2. The molecule has 3 N–H and O–H groups in total. The lowest BCUT2D eigenvalue weighted by atomic mass is 9.93. The lowest BCUT2D eigenvalue weighted by molar-refractivity contribution is 0.0998.